The summed E-state index contributed by atoms with van der Waals surface area (Å²) in [5.41, 5.74) is 1.39. The summed E-state index contributed by atoms with van der Waals surface area (Å²) in [4.78, 5) is 8.77. The van der Waals surface area contributed by atoms with Crippen LogP contribution < -0.4 is 4.90 Å². The number of thiazole rings is 1. The molecule has 90 valence electrons. The minimum atomic E-state index is -0.0337. The zero-order chi connectivity index (χ0) is 11.8. The molecule has 0 unspecified atom stereocenters. The van der Waals surface area contributed by atoms with Gasteiger partial charge in [0.05, 0.1) is 11.5 Å². The lowest BCUT2D eigenvalue weighted by Gasteiger charge is -2.26. The van der Waals surface area contributed by atoms with Crippen molar-refractivity contribution in [3.63, 3.8) is 0 Å². The van der Waals surface area contributed by atoms with Crippen LogP contribution in [0.2, 0.25) is 5.15 Å². The van der Waals surface area contributed by atoms with E-state index in [2.05, 4.69) is 21.3 Å². The van der Waals surface area contributed by atoms with Crippen molar-refractivity contribution < 1.29 is 5.11 Å². The maximum absolute atomic E-state index is 9.12. The number of anilines is 1. The van der Waals surface area contributed by atoms with Crippen LogP contribution in [0.1, 0.15) is 15.3 Å². The van der Waals surface area contributed by atoms with E-state index in [1.54, 1.807) is 0 Å². The Morgan fingerprint density at radius 2 is 2.41 bits per heavy atom. The SMILES string of the molecule is OCc1sc(N2CCc3sccc3C2)nc1Cl. The fraction of sp³-hybridized carbons (Fsp3) is 0.364. The summed E-state index contributed by atoms with van der Waals surface area (Å²) in [6.07, 6.45) is 1.07. The topological polar surface area (TPSA) is 36.4 Å². The molecule has 2 aromatic rings. The average molecular weight is 287 g/mol. The highest BCUT2D eigenvalue weighted by atomic mass is 35.5. The zero-order valence-electron chi connectivity index (χ0n) is 9.02. The number of hydrogen-bond acceptors (Lipinski definition) is 5. The Balaban J connectivity index is 1.86. The molecule has 1 aliphatic heterocycles. The zero-order valence-corrected chi connectivity index (χ0v) is 11.4. The third-order valence-corrected chi connectivity index (χ3v) is 5.41. The summed E-state index contributed by atoms with van der Waals surface area (Å²) in [5, 5.41) is 12.6. The van der Waals surface area contributed by atoms with E-state index < -0.39 is 0 Å². The smallest absolute Gasteiger partial charge is 0.187 e. The quantitative estimate of drug-likeness (QED) is 0.922. The van der Waals surface area contributed by atoms with Crippen molar-refractivity contribution in [1.29, 1.82) is 0 Å². The highest BCUT2D eigenvalue weighted by Crippen LogP contribution is 2.33. The van der Waals surface area contributed by atoms with Gasteiger partial charge in [-0.1, -0.05) is 22.9 Å². The van der Waals surface area contributed by atoms with Crippen molar-refractivity contribution in [3.05, 3.63) is 31.9 Å². The predicted molar refractivity (Wildman–Crippen MR) is 72.1 cm³/mol. The average Bonchev–Trinajstić information content (AvgIpc) is 2.93. The number of halogens is 1. The molecule has 0 spiro atoms. The second-order valence-electron chi connectivity index (χ2n) is 3.91. The molecule has 2 aromatic heterocycles. The molecular formula is C11H11ClN2OS2. The molecule has 1 aliphatic rings. The molecule has 0 aliphatic carbocycles. The molecule has 0 amide bonds. The van der Waals surface area contributed by atoms with E-state index in [1.807, 2.05) is 11.3 Å². The minimum absolute atomic E-state index is 0.0337. The first kappa shape index (κ1) is 11.5. The molecule has 6 heteroatoms. The Morgan fingerprint density at radius 1 is 1.53 bits per heavy atom. The fourth-order valence-electron chi connectivity index (χ4n) is 1.97. The molecule has 3 rings (SSSR count). The molecule has 0 saturated heterocycles. The Morgan fingerprint density at radius 3 is 3.18 bits per heavy atom. The Kier molecular flexibility index (Phi) is 3.08. The predicted octanol–water partition coefficient (Wildman–Crippen LogP) is 2.91. The Hall–Kier alpha value is -0.620. The van der Waals surface area contributed by atoms with Crippen LogP contribution in [0.3, 0.4) is 0 Å². The van der Waals surface area contributed by atoms with E-state index in [9.17, 15) is 0 Å². The fourth-order valence-corrected chi connectivity index (χ4v) is 4.00. The molecule has 3 heterocycles. The first-order valence-corrected chi connectivity index (χ1v) is 7.41. The molecule has 0 saturated carbocycles. The molecule has 0 atom stereocenters. The summed E-state index contributed by atoms with van der Waals surface area (Å²) in [6, 6.07) is 2.17. The van der Waals surface area contributed by atoms with Crippen molar-refractivity contribution in [2.75, 3.05) is 11.4 Å². The van der Waals surface area contributed by atoms with Gasteiger partial charge in [-0.3, -0.25) is 0 Å². The Labute approximate surface area is 112 Å². The molecule has 0 radical (unpaired) electrons. The number of aromatic nitrogens is 1. The van der Waals surface area contributed by atoms with Gasteiger partial charge in [-0.05, 0) is 23.4 Å². The van der Waals surface area contributed by atoms with E-state index in [0.29, 0.717) is 5.15 Å². The van der Waals surface area contributed by atoms with Gasteiger partial charge in [0.1, 0.15) is 5.15 Å². The van der Waals surface area contributed by atoms with Crippen LogP contribution >= 0.6 is 34.3 Å². The van der Waals surface area contributed by atoms with Crippen molar-refractivity contribution in [2.24, 2.45) is 0 Å². The van der Waals surface area contributed by atoms with Gasteiger partial charge in [0.25, 0.3) is 0 Å². The molecule has 0 fully saturated rings. The second kappa shape index (κ2) is 4.57. The molecular weight excluding hydrogens is 276 g/mol. The summed E-state index contributed by atoms with van der Waals surface area (Å²) in [5.74, 6) is 0. The van der Waals surface area contributed by atoms with Crippen molar-refractivity contribution in [3.8, 4) is 0 Å². The van der Waals surface area contributed by atoms with E-state index in [4.69, 9.17) is 16.7 Å². The maximum atomic E-state index is 9.12. The molecule has 0 aromatic carbocycles. The van der Waals surface area contributed by atoms with Crippen LogP contribution in [0.5, 0.6) is 0 Å². The summed E-state index contributed by atoms with van der Waals surface area (Å²) >= 11 is 9.26. The van der Waals surface area contributed by atoms with Crippen LogP contribution in [0.25, 0.3) is 0 Å². The third kappa shape index (κ3) is 2.08. The number of thiophene rings is 1. The van der Waals surface area contributed by atoms with Crippen LogP contribution in [0, 0.1) is 0 Å². The number of aliphatic hydroxyl groups is 1. The highest BCUT2D eigenvalue weighted by Gasteiger charge is 2.21. The summed E-state index contributed by atoms with van der Waals surface area (Å²) in [7, 11) is 0. The second-order valence-corrected chi connectivity index (χ2v) is 6.33. The number of rotatable bonds is 2. The van der Waals surface area contributed by atoms with Gasteiger partial charge < -0.3 is 10.0 Å². The van der Waals surface area contributed by atoms with E-state index in [0.717, 1.165) is 29.5 Å². The van der Waals surface area contributed by atoms with Crippen LogP contribution in [-0.2, 0) is 19.6 Å². The van der Waals surface area contributed by atoms with Crippen molar-refractivity contribution in [2.45, 2.75) is 19.6 Å². The molecule has 17 heavy (non-hydrogen) atoms. The minimum Gasteiger partial charge on any atom is -0.391 e. The largest absolute Gasteiger partial charge is 0.391 e. The van der Waals surface area contributed by atoms with E-state index in [1.165, 1.54) is 21.8 Å². The Bertz CT molecular complexity index is 537. The van der Waals surface area contributed by atoms with Crippen molar-refractivity contribution >= 4 is 39.4 Å². The van der Waals surface area contributed by atoms with Gasteiger partial charge in [0.2, 0.25) is 0 Å². The first-order chi connectivity index (χ1) is 8.28. The number of aliphatic hydroxyl groups excluding tert-OH is 1. The van der Waals surface area contributed by atoms with Crippen LogP contribution in [0.4, 0.5) is 5.13 Å². The summed E-state index contributed by atoms with van der Waals surface area (Å²) in [6.45, 7) is 1.84. The van der Waals surface area contributed by atoms with Gasteiger partial charge in [-0.15, -0.1) is 11.3 Å². The number of hydrogen-bond donors (Lipinski definition) is 1. The lowest BCUT2D eigenvalue weighted by atomic mass is 10.1. The van der Waals surface area contributed by atoms with E-state index in [-0.39, 0.29) is 6.61 Å². The lowest BCUT2D eigenvalue weighted by Crippen LogP contribution is -2.29. The first-order valence-electron chi connectivity index (χ1n) is 5.34. The number of nitrogens with zero attached hydrogens (tertiary/aromatic N) is 2. The van der Waals surface area contributed by atoms with E-state index >= 15 is 0 Å². The molecule has 0 bridgehead atoms. The maximum Gasteiger partial charge on any atom is 0.187 e. The van der Waals surface area contributed by atoms with Gasteiger partial charge in [0.15, 0.2) is 5.13 Å². The van der Waals surface area contributed by atoms with Gasteiger partial charge in [0, 0.05) is 18.0 Å². The normalized spacial score (nSPS) is 15.1. The van der Waals surface area contributed by atoms with Gasteiger partial charge in [-0.2, -0.15) is 0 Å². The van der Waals surface area contributed by atoms with Crippen LogP contribution in [0.15, 0.2) is 11.4 Å². The lowest BCUT2D eigenvalue weighted by molar-refractivity contribution is 0.285. The standard InChI is InChI=1S/C11H11ClN2OS2/c12-10-9(6-15)17-11(13-10)14-3-1-8-7(5-14)2-4-16-8/h2,4,15H,1,3,5-6H2. The number of fused-ring (bicyclic) bond motifs is 1. The third-order valence-electron chi connectivity index (χ3n) is 2.86. The molecule has 1 N–H and O–H groups in total. The van der Waals surface area contributed by atoms with Gasteiger partial charge in [-0.25, -0.2) is 4.98 Å². The molecule has 3 nitrogen and oxygen atoms in total. The highest BCUT2D eigenvalue weighted by molar-refractivity contribution is 7.16. The van der Waals surface area contributed by atoms with Crippen molar-refractivity contribution in [1.82, 2.24) is 4.98 Å². The van der Waals surface area contributed by atoms with Crippen LogP contribution in [-0.4, -0.2) is 16.6 Å². The van der Waals surface area contributed by atoms with Gasteiger partial charge >= 0.3 is 0 Å². The monoisotopic (exact) mass is 286 g/mol. The summed E-state index contributed by atoms with van der Waals surface area (Å²) < 4.78 is 0.